The van der Waals surface area contributed by atoms with Crippen LogP contribution in [0.15, 0.2) is 11.1 Å². The van der Waals surface area contributed by atoms with Crippen molar-refractivity contribution in [3.63, 3.8) is 0 Å². The fourth-order valence-corrected chi connectivity index (χ4v) is 3.31. The lowest BCUT2D eigenvalue weighted by molar-refractivity contribution is 0.382. The van der Waals surface area contributed by atoms with Gasteiger partial charge in [-0.15, -0.1) is 0 Å². The second-order valence-electron chi connectivity index (χ2n) is 4.21. The van der Waals surface area contributed by atoms with Gasteiger partial charge in [-0.2, -0.15) is 0 Å². The molecule has 1 fully saturated rings. The molecule has 0 amide bonds. The van der Waals surface area contributed by atoms with Gasteiger partial charge in [0.15, 0.2) is 0 Å². The van der Waals surface area contributed by atoms with Gasteiger partial charge in [0.25, 0.3) is 0 Å². The van der Waals surface area contributed by atoms with Crippen molar-refractivity contribution in [3.8, 4) is 0 Å². The molecule has 2 unspecified atom stereocenters. The topological polar surface area (TPSA) is 46.2 Å². The van der Waals surface area contributed by atoms with E-state index in [1.165, 1.54) is 6.26 Å². The van der Waals surface area contributed by atoms with E-state index in [0.717, 1.165) is 30.2 Å². The van der Waals surface area contributed by atoms with Gasteiger partial charge in [-0.05, 0) is 19.3 Å². The lowest BCUT2D eigenvalue weighted by Crippen LogP contribution is -2.39. The van der Waals surface area contributed by atoms with E-state index in [0.29, 0.717) is 12.6 Å². The Labute approximate surface area is 100 Å². The number of halogens is 1. The smallest absolute Gasteiger partial charge is 0.150 e. The van der Waals surface area contributed by atoms with E-state index in [9.17, 15) is 8.42 Å². The first kappa shape index (κ1) is 13.2. The van der Waals surface area contributed by atoms with Gasteiger partial charge in [0.05, 0.1) is 5.25 Å². The van der Waals surface area contributed by atoms with Crippen LogP contribution in [-0.4, -0.2) is 32.5 Å². The fraction of sp³-hybridized carbons (Fsp3) is 0.800. The SMILES string of the molecule is C=C(Br)CNC1CCCC(S(C)(=O)=O)C1. The maximum absolute atomic E-state index is 11.4. The summed E-state index contributed by atoms with van der Waals surface area (Å²) in [6.45, 7) is 4.45. The van der Waals surface area contributed by atoms with Crippen molar-refractivity contribution in [2.24, 2.45) is 0 Å². The van der Waals surface area contributed by atoms with E-state index in [-0.39, 0.29) is 5.25 Å². The average molecular weight is 296 g/mol. The normalized spacial score (nSPS) is 27.6. The number of hydrogen-bond acceptors (Lipinski definition) is 3. The molecule has 0 aromatic rings. The van der Waals surface area contributed by atoms with Crippen molar-refractivity contribution < 1.29 is 8.42 Å². The van der Waals surface area contributed by atoms with Gasteiger partial charge in [-0.1, -0.05) is 28.9 Å². The van der Waals surface area contributed by atoms with Crippen LogP contribution in [0.1, 0.15) is 25.7 Å². The molecule has 1 aliphatic rings. The first-order valence-corrected chi connectivity index (χ1v) is 7.90. The largest absolute Gasteiger partial charge is 0.309 e. The molecule has 88 valence electrons. The van der Waals surface area contributed by atoms with Gasteiger partial charge >= 0.3 is 0 Å². The second-order valence-corrected chi connectivity index (χ2v) is 7.66. The van der Waals surface area contributed by atoms with E-state index in [1.54, 1.807) is 0 Å². The summed E-state index contributed by atoms with van der Waals surface area (Å²) >= 11 is 3.28. The first-order valence-electron chi connectivity index (χ1n) is 5.15. The van der Waals surface area contributed by atoms with Crippen molar-refractivity contribution in [2.75, 3.05) is 12.8 Å². The maximum atomic E-state index is 11.4. The molecule has 0 aromatic heterocycles. The Morgan fingerprint density at radius 2 is 2.20 bits per heavy atom. The molecule has 0 radical (unpaired) electrons. The molecule has 0 aromatic carbocycles. The van der Waals surface area contributed by atoms with Crippen LogP contribution in [0, 0.1) is 0 Å². The highest BCUT2D eigenvalue weighted by atomic mass is 79.9. The van der Waals surface area contributed by atoms with Crippen molar-refractivity contribution in [1.29, 1.82) is 0 Å². The van der Waals surface area contributed by atoms with E-state index >= 15 is 0 Å². The summed E-state index contributed by atoms with van der Waals surface area (Å²) in [6.07, 6.45) is 4.94. The van der Waals surface area contributed by atoms with Gasteiger partial charge in [-0.25, -0.2) is 8.42 Å². The van der Waals surface area contributed by atoms with Gasteiger partial charge in [0.1, 0.15) is 9.84 Å². The number of hydrogen-bond donors (Lipinski definition) is 1. The van der Waals surface area contributed by atoms with Crippen molar-refractivity contribution in [1.82, 2.24) is 5.32 Å². The second kappa shape index (κ2) is 5.46. The Morgan fingerprint density at radius 1 is 1.53 bits per heavy atom. The zero-order chi connectivity index (χ0) is 11.5. The van der Waals surface area contributed by atoms with Crippen LogP contribution in [0.5, 0.6) is 0 Å². The third-order valence-corrected chi connectivity index (χ3v) is 4.73. The zero-order valence-corrected chi connectivity index (χ0v) is 11.4. The van der Waals surface area contributed by atoms with E-state index in [2.05, 4.69) is 27.8 Å². The third-order valence-electron chi connectivity index (χ3n) is 2.81. The van der Waals surface area contributed by atoms with Gasteiger partial charge in [-0.3, -0.25) is 0 Å². The van der Waals surface area contributed by atoms with E-state index < -0.39 is 9.84 Å². The standard InChI is InChI=1S/C10H18BrNO2S/c1-8(11)7-12-9-4-3-5-10(6-9)15(2,13)14/h9-10,12H,1,3-7H2,2H3. The summed E-state index contributed by atoms with van der Waals surface area (Å²) in [5, 5.41) is 3.15. The molecule has 1 saturated carbocycles. The lowest BCUT2D eigenvalue weighted by Gasteiger charge is -2.28. The maximum Gasteiger partial charge on any atom is 0.150 e. The Bertz CT molecular complexity index is 326. The van der Waals surface area contributed by atoms with Crippen LogP contribution in [0.25, 0.3) is 0 Å². The number of rotatable bonds is 4. The minimum atomic E-state index is -2.87. The van der Waals surface area contributed by atoms with Crippen molar-refractivity contribution >= 4 is 25.8 Å². The molecule has 1 aliphatic carbocycles. The van der Waals surface area contributed by atoms with Gasteiger partial charge < -0.3 is 5.32 Å². The van der Waals surface area contributed by atoms with Crippen LogP contribution in [-0.2, 0) is 9.84 Å². The molecule has 0 aliphatic heterocycles. The molecular formula is C10H18BrNO2S. The fourth-order valence-electron chi connectivity index (χ4n) is 1.97. The summed E-state index contributed by atoms with van der Waals surface area (Å²) < 4.78 is 23.7. The highest BCUT2D eigenvalue weighted by Gasteiger charge is 2.28. The summed E-state index contributed by atoms with van der Waals surface area (Å²) in [4.78, 5) is 0. The van der Waals surface area contributed by atoms with Crippen LogP contribution < -0.4 is 5.32 Å². The molecule has 1 rings (SSSR count). The van der Waals surface area contributed by atoms with Crippen molar-refractivity contribution in [2.45, 2.75) is 37.0 Å². The molecule has 2 atom stereocenters. The molecule has 0 heterocycles. The Morgan fingerprint density at radius 3 is 2.73 bits per heavy atom. The minimum absolute atomic E-state index is 0.160. The molecular weight excluding hydrogens is 278 g/mol. The number of sulfone groups is 1. The van der Waals surface area contributed by atoms with E-state index in [4.69, 9.17) is 0 Å². The van der Waals surface area contributed by atoms with Gasteiger partial charge in [0, 0.05) is 23.3 Å². The average Bonchev–Trinajstić information content (AvgIpc) is 2.14. The van der Waals surface area contributed by atoms with Crippen molar-refractivity contribution in [3.05, 3.63) is 11.1 Å². The summed E-state index contributed by atoms with van der Waals surface area (Å²) in [5.74, 6) is 0. The first-order chi connectivity index (χ1) is 6.89. The lowest BCUT2D eigenvalue weighted by atomic mass is 9.95. The summed E-state index contributed by atoms with van der Waals surface area (Å²) in [5.41, 5.74) is 0. The Hall–Kier alpha value is 0.130. The summed E-state index contributed by atoms with van der Waals surface area (Å²) in [6, 6.07) is 0.313. The van der Waals surface area contributed by atoms with Gasteiger partial charge in [0.2, 0.25) is 0 Å². The molecule has 3 nitrogen and oxygen atoms in total. The number of nitrogens with one attached hydrogen (secondary N) is 1. The molecule has 1 N–H and O–H groups in total. The predicted molar refractivity (Wildman–Crippen MR) is 67.0 cm³/mol. The highest BCUT2D eigenvalue weighted by Crippen LogP contribution is 2.23. The predicted octanol–water partition coefficient (Wildman–Crippen LogP) is 1.84. The quantitative estimate of drug-likeness (QED) is 0.861. The summed E-state index contributed by atoms with van der Waals surface area (Å²) in [7, 11) is -2.87. The third kappa shape index (κ3) is 4.66. The van der Waals surface area contributed by atoms with Crippen LogP contribution in [0.4, 0.5) is 0 Å². The van der Waals surface area contributed by atoms with Crippen LogP contribution >= 0.6 is 15.9 Å². The Kier molecular flexibility index (Phi) is 4.80. The molecule has 5 heteroatoms. The monoisotopic (exact) mass is 295 g/mol. The Balaban J connectivity index is 2.46. The molecule has 15 heavy (non-hydrogen) atoms. The van der Waals surface area contributed by atoms with Crippen LogP contribution in [0.2, 0.25) is 0 Å². The molecule has 0 saturated heterocycles. The molecule has 0 bridgehead atoms. The zero-order valence-electron chi connectivity index (χ0n) is 9.00. The highest BCUT2D eigenvalue weighted by molar-refractivity contribution is 9.11. The minimum Gasteiger partial charge on any atom is -0.309 e. The van der Waals surface area contributed by atoms with Crippen LogP contribution in [0.3, 0.4) is 0 Å². The molecule has 0 spiro atoms. The van der Waals surface area contributed by atoms with E-state index in [1.807, 2.05) is 0 Å².